The molecule has 3 aromatic heterocycles. The summed E-state index contributed by atoms with van der Waals surface area (Å²) in [5.41, 5.74) is 6.00. The van der Waals surface area contributed by atoms with Gasteiger partial charge < -0.3 is 15.5 Å². The van der Waals surface area contributed by atoms with Gasteiger partial charge in [-0.3, -0.25) is 14.3 Å². The Morgan fingerprint density at radius 2 is 2.03 bits per heavy atom. The number of nitrogens with one attached hydrogen (secondary N) is 3. The number of anilines is 2. The molecule has 0 bridgehead atoms. The van der Waals surface area contributed by atoms with E-state index in [0.717, 1.165) is 59.9 Å². The van der Waals surface area contributed by atoms with Crippen LogP contribution >= 0.6 is 11.6 Å². The van der Waals surface area contributed by atoms with Crippen molar-refractivity contribution >= 4 is 34.7 Å². The lowest BCUT2D eigenvalue weighted by molar-refractivity contribution is 0.0736. The lowest BCUT2D eigenvalue weighted by atomic mass is 10.1. The number of nitrogens with zero attached hydrogens (tertiary/aromatic N) is 5. The first-order valence-corrected chi connectivity index (χ1v) is 11.9. The number of fused-ring (bicyclic) bond motifs is 1. The molecule has 4 heterocycles. The highest BCUT2D eigenvalue weighted by Crippen LogP contribution is 2.44. The van der Waals surface area contributed by atoms with Crippen LogP contribution in [-0.2, 0) is 0 Å². The second kappa shape index (κ2) is 8.41. The summed E-state index contributed by atoms with van der Waals surface area (Å²) in [5.74, 6) is 1.07. The van der Waals surface area contributed by atoms with Crippen molar-refractivity contribution in [3.8, 4) is 11.3 Å². The molecule has 1 aliphatic carbocycles. The van der Waals surface area contributed by atoms with Gasteiger partial charge in [0, 0.05) is 55.7 Å². The van der Waals surface area contributed by atoms with E-state index in [2.05, 4.69) is 25.2 Å². The van der Waals surface area contributed by atoms with Gasteiger partial charge in [-0.15, -0.1) is 0 Å². The molecule has 2 fully saturated rings. The van der Waals surface area contributed by atoms with Crippen LogP contribution in [0.4, 0.5) is 11.5 Å². The van der Waals surface area contributed by atoms with Crippen molar-refractivity contribution < 1.29 is 4.79 Å². The molecule has 3 N–H and O–H groups in total. The van der Waals surface area contributed by atoms with E-state index in [0.29, 0.717) is 35.4 Å². The molecule has 174 valence electrons. The highest BCUT2D eigenvalue weighted by Gasteiger charge is 2.32. The zero-order valence-corrected chi connectivity index (χ0v) is 19.6. The monoisotopic (exact) mass is 476 g/mol. The van der Waals surface area contributed by atoms with Crippen molar-refractivity contribution in [3.63, 3.8) is 0 Å². The summed E-state index contributed by atoms with van der Waals surface area (Å²) in [4.78, 5) is 24.4. The predicted octanol–water partition coefficient (Wildman–Crippen LogP) is 3.75. The van der Waals surface area contributed by atoms with Crippen LogP contribution in [0.15, 0.2) is 36.8 Å². The van der Waals surface area contributed by atoms with Gasteiger partial charge in [0.15, 0.2) is 11.5 Å². The van der Waals surface area contributed by atoms with Gasteiger partial charge in [0.25, 0.3) is 5.91 Å². The summed E-state index contributed by atoms with van der Waals surface area (Å²) >= 11 is 6.55. The fourth-order valence-corrected chi connectivity index (χ4v) is 4.78. The minimum Gasteiger partial charge on any atom is -0.337 e. The number of aromatic nitrogens is 5. The van der Waals surface area contributed by atoms with Crippen LogP contribution < -0.4 is 10.6 Å². The molecule has 1 saturated heterocycles. The summed E-state index contributed by atoms with van der Waals surface area (Å²) < 4.78 is 2.09. The first kappa shape index (κ1) is 21.1. The molecule has 0 unspecified atom stereocenters. The standard InChI is InChI=1S/C24H25ClN8O/c1-14-13-33-21(16-11-27-28-12-16)20(15-2-3-15)31-23(33)22(29-14)30-17-4-5-18(19(25)10-17)24(34)32-8-6-26-7-9-32/h4-5,10-13,15,26H,2-3,6-9H2,1H3,(H,27,28)(H,29,30). The number of carbonyl (C=O) groups excluding carboxylic acids is 1. The van der Waals surface area contributed by atoms with E-state index in [1.807, 2.05) is 36.5 Å². The summed E-state index contributed by atoms with van der Waals surface area (Å²) in [5, 5.41) is 14.1. The Hall–Kier alpha value is -3.43. The first-order chi connectivity index (χ1) is 16.6. The van der Waals surface area contributed by atoms with Crippen molar-refractivity contribution in [1.29, 1.82) is 0 Å². The molecule has 0 spiro atoms. The number of piperazine rings is 1. The number of imidazole rings is 1. The van der Waals surface area contributed by atoms with Crippen molar-refractivity contribution in [3.05, 3.63) is 58.8 Å². The number of hydrogen-bond acceptors (Lipinski definition) is 6. The quantitative estimate of drug-likeness (QED) is 0.405. The molecule has 1 aromatic carbocycles. The van der Waals surface area contributed by atoms with Crippen molar-refractivity contribution in [1.82, 2.24) is 34.8 Å². The fraction of sp³-hybridized carbons (Fsp3) is 0.333. The Morgan fingerprint density at radius 1 is 1.21 bits per heavy atom. The van der Waals surface area contributed by atoms with Gasteiger partial charge in [-0.05, 0) is 38.0 Å². The molecule has 4 aromatic rings. The summed E-state index contributed by atoms with van der Waals surface area (Å²) in [6.45, 7) is 4.92. The van der Waals surface area contributed by atoms with Gasteiger partial charge in [0.2, 0.25) is 0 Å². The molecule has 1 amide bonds. The van der Waals surface area contributed by atoms with Crippen LogP contribution in [0.3, 0.4) is 0 Å². The SMILES string of the molecule is Cc1cn2c(-c3cn[nH]c3)c(C3CC3)nc2c(Nc2ccc(C(=O)N3CCNCC3)c(Cl)c2)n1. The minimum atomic E-state index is -0.0405. The second-order valence-corrected chi connectivity index (χ2v) is 9.30. The molecular formula is C24H25ClN8O. The average Bonchev–Trinajstić information content (AvgIpc) is 3.40. The maximum Gasteiger partial charge on any atom is 0.255 e. The zero-order chi connectivity index (χ0) is 23.2. The summed E-state index contributed by atoms with van der Waals surface area (Å²) in [6, 6.07) is 5.42. The van der Waals surface area contributed by atoms with E-state index in [9.17, 15) is 4.79 Å². The highest BCUT2D eigenvalue weighted by atomic mass is 35.5. The van der Waals surface area contributed by atoms with E-state index in [-0.39, 0.29) is 5.91 Å². The smallest absolute Gasteiger partial charge is 0.255 e. The van der Waals surface area contributed by atoms with Crippen LogP contribution in [0.5, 0.6) is 0 Å². The Morgan fingerprint density at radius 3 is 2.74 bits per heavy atom. The second-order valence-electron chi connectivity index (χ2n) is 8.89. The van der Waals surface area contributed by atoms with Crippen molar-refractivity contribution in [2.24, 2.45) is 0 Å². The lowest BCUT2D eigenvalue weighted by Crippen LogP contribution is -2.46. The van der Waals surface area contributed by atoms with E-state index >= 15 is 0 Å². The van der Waals surface area contributed by atoms with Crippen LogP contribution in [0.2, 0.25) is 5.02 Å². The minimum absolute atomic E-state index is 0.0405. The maximum absolute atomic E-state index is 12.9. The Bertz CT molecular complexity index is 1370. The molecule has 34 heavy (non-hydrogen) atoms. The largest absolute Gasteiger partial charge is 0.337 e. The number of aryl methyl sites for hydroxylation is 1. The number of H-pyrrole nitrogens is 1. The van der Waals surface area contributed by atoms with Crippen LogP contribution in [0, 0.1) is 6.92 Å². The molecule has 9 nitrogen and oxygen atoms in total. The summed E-state index contributed by atoms with van der Waals surface area (Å²) in [6.07, 6.45) is 8.01. The molecule has 6 rings (SSSR count). The third kappa shape index (κ3) is 3.80. The maximum atomic E-state index is 12.9. The molecule has 0 atom stereocenters. The first-order valence-electron chi connectivity index (χ1n) is 11.5. The number of aromatic amines is 1. The number of carbonyl (C=O) groups is 1. The molecule has 1 aliphatic heterocycles. The topological polar surface area (TPSA) is 103 Å². The fourth-order valence-electron chi connectivity index (χ4n) is 4.52. The number of amides is 1. The third-order valence-corrected chi connectivity index (χ3v) is 6.67. The van der Waals surface area contributed by atoms with Crippen LogP contribution in [0.25, 0.3) is 16.9 Å². The Labute approximate surface area is 201 Å². The van der Waals surface area contributed by atoms with E-state index in [4.69, 9.17) is 21.6 Å². The number of halogens is 1. The van der Waals surface area contributed by atoms with Gasteiger partial charge in [-0.25, -0.2) is 9.97 Å². The van der Waals surface area contributed by atoms with E-state index in [1.165, 1.54) is 0 Å². The third-order valence-electron chi connectivity index (χ3n) is 6.36. The molecule has 1 saturated carbocycles. The predicted molar refractivity (Wildman–Crippen MR) is 131 cm³/mol. The molecule has 0 radical (unpaired) electrons. The Balaban J connectivity index is 1.36. The van der Waals surface area contributed by atoms with Crippen molar-refractivity contribution in [2.45, 2.75) is 25.7 Å². The zero-order valence-electron chi connectivity index (χ0n) is 18.8. The molecule has 2 aliphatic rings. The normalized spacial score (nSPS) is 16.2. The van der Waals surface area contributed by atoms with Gasteiger partial charge in [-0.2, -0.15) is 5.10 Å². The van der Waals surface area contributed by atoms with E-state index < -0.39 is 0 Å². The average molecular weight is 477 g/mol. The van der Waals surface area contributed by atoms with Gasteiger partial charge in [0.1, 0.15) is 0 Å². The molecular weight excluding hydrogens is 452 g/mol. The number of hydrogen-bond donors (Lipinski definition) is 3. The lowest BCUT2D eigenvalue weighted by Gasteiger charge is -2.27. The highest BCUT2D eigenvalue weighted by molar-refractivity contribution is 6.34. The van der Waals surface area contributed by atoms with Gasteiger partial charge >= 0.3 is 0 Å². The van der Waals surface area contributed by atoms with E-state index in [1.54, 1.807) is 12.1 Å². The van der Waals surface area contributed by atoms with Gasteiger partial charge in [0.05, 0.1) is 33.9 Å². The Kier molecular flexibility index (Phi) is 5.23. The molecule has 10 heteroatoms. The number of rotatable bonds is 5. The van der Waals surface area contributed by atoms with Crippen LogP contribution in [0.1, 0.15) is 40.5 Å². The van der Waals surface area contributed by atoms with Crippen LogP contribution in [-0.4, -0.2) is 61.6 Å². The number of benzene rings is 1. The van der Waals surface area contributed by atoms with Gasteiger partial charge in [-0.1, -0.05) is 11.6 Å². The summed E-state index contributed by atoms with van der Waals surface area (Å²) in [7, 11) is 0. The van der Waals surface area contributed by atoms with Crippen molar-refractivity contribution in [2.75, 3.05) is 31.5 Å².